The van der Waals surface area contributed by atoms with Gasteiger partial charge in [-0.2, -0.15) is 5.10 Å². The predicted molar refractivity (Wildman–Crippen MR) is 104 cm³/mol. The highest BCUT2D eigenvalue weighted by atomic mass is 19.1. The second-order valence-electron chi connectivity index (χ2n) is 7.74. The van der Waals surface area contributed by atoms with Gasteiger partial charge in [-0.1, -0.05) is 0 Å². The van der Waals surface area contributed by atoms with Gasteiger partial charge in [-0.25, -0.2) is 18.9 Å². The summed E-state index contributed by atoms with van der Waals surface area (Å²) in [5.41, 5.74) is 3.53. The Balaban J connectivity index is 1.59. The van der Waals surface area contributed by atoms with Gasteiger partial charge < -0.3 is 14.4 Å². The van der Waals surface area contributed by atoms with Gasteiger partial charge in [0.2, 0.25) is 5.88 Å². The Bertz CT molecular complexity index is 1050. The molecule has 3 aromatic rings. The maximum absolute atomic E-state index is 14.0. The summed E-state index contributed by atoms with van der Waals surface area (Å²) >= 11 is 0. The molecule has 0 aliphatic carbocycles. The smallest absolute Gasteiger partial charge is 0.218 e. The second kappa shape index (κ2) is 7.23. The molecule has 152 valence electrons. The number of halogens is 1. The highest BCUT2D eigenvalue weighted by Gasteiger charge is 2.30. The van der Waals surface area contributed by atoms with Gasteiger partial charge in [0.25, 0.3) is 0 Å². The van der Waals surface area contributed by atoms with Crippen LogP contribution in [0.1, 0.15) is 30.5 Å². The highest BCUT2D eigenvalue weighted by molar-refractivity contribution is 5.60. The number of aromatic nitrogens is 4. The SMILES string of the molecule is C[C@@H]1COc2ncc(F)cc2CN2c3nc4c(cnn4cc3C[C@H]2C)COCN1. The lowest BCUT2D eigenvalue weighted by Gasteiger charge is -2.25. The van der Waals surface area contributed by atoms with Crippen molar-refractivity contribution in [1.29, 1.82) is 0 Å². The second-order valence-corrected chi connectivity index (χ2v) is 7.74. The first-order chi connectivity index (χ1) is 14.1. The quantitative estimate of drug-likeness (QED) is 0.621. The molecule has 0 fully saturated rings. The molecule has 9 heteroatoms. The summed E-state index contributed by atoms with van der Waals surface area (Å²) < 4.78 is 27.4. The van der Waals surface area contributed by atoms with E-state index in [9.17, 15) is 4.39 Å². The summed E-state index contributed by atoms with van der Waals surface area (Å²) in [6, 6.07) is 1.76. The summed E-state index contributed by atoms with van der Waals surface area (Å²) in [5.74, 6) is 0.962. The molecule has 3 aromatic heterocycles. The largest absolute Gasteiger partial charge is 0.476 e. The maximum atomic E-state index is 14.0. The van der Waals surface area contributed by atoms with E-state index in [0.717, 1.165) is 29.0 Å². The summed E-state index contributed by atoms with van der Waals surface area (Å²) in [6.45, 7) is 5.81. The summed E-state index contributed by atoms with van der Waals surface area (Å²) in [6.07, 6.45) is 5.86. The fraction of sp³-hybridized carbons (Fsp3) is 0.450. The molecule has 2 bridgehead atoms. The number of anilines is 1. The zero-order valence-corrected chi connectivity index (χ0v) is 16.4. The van der Waals surface area contributed by atoms with E-state index >= 15 is 0 Å². The average Bonchev–Trinajstić information content (AvgIpc) is 3.22. The van der Waals surface area contributed by atoms with Crippen molar-refractivity contribution in [3.63, 3.8) is 0 Å². The van der Waals surface area contributed by atoms with Crippen LogP contribution in [0.2, 0.25) is 0 Å². The minimum absolute atomic E-state index is 0.0449. The maximum Gasteiger partial charge on any atom is 0.218 e. The summed E-state index contributed by atoms with van der Waals surface area (Å²) in [5, 5.41) is 7.69. The van der Waals surface area contributed by atoms with Crippen LogP contribution in [-0.4, -0.2) is 45.0 Å². The van der Waals surface area contributed by atoms with E-state index in [4.69, 9.17) is 14.5 Å². The van der Waals surface area contributed by atoms with E-state index in [-0.39, 0.29) is 17.9 Å². The van der Waals surface area contributed by atoms with Crippen LogP contribution in [0.25, 0.3) is 5.65 Å². The van der Waals surface area contributed by atoms with Crippen molar-refractivity contribution in [1.82, 2.24) is 24.9 Å². The lowest BCUT2D eigenvalue weighted by atomic mass is 10.2. The molecule has 2 aliphatic heterocycles. The van der Waals surface area contributed by atoms with Crippen LogP contribution in [0.3, 0.4) is 0 Å². The Kier molecular flexibility index (Phi) is 4.56. The minimum Gasteiger partial charge on any atom is -0.476 e. The number of rotatable bonds is 0. The third-order valence-electron chi connectivity index (χ3n) is 5.43. The van der Waals surface area contributed by atoms with Crippen LogP contribution in [0.4, 0.5) is 10.2 Å². The van der Waals surface area contributed by atoms with Crippen LogP contribution in [0.15, 0.2) is 24.7 Å². The van der Waals surface area contributed by atoms with Gasteiger partial charge in [0, 0.05) is 35.0 Å². The zero-order valence-electron chi connectivity index (χ0n) is 16.4. The molecular weight excluding hydrogens is 375 g/mol. The molecule has 0 amide bonds. The number of hydrogen-bond donors (Lipinski definition) is 1. The van der Waals surface area contributed by atoms with Gasteiger partial charge in [-0.15, -0.1) is 0 Å². The highest BCUT2D eigenvalue weighted by Crippen LogP contribution is 2.34. The first kappa shape index (κ1) is 18.3. The normalized spacial score (nSPS) is 22.2. The van der Waals surface area contributed by atoms with E-state index in [0.29, 0.717) is 37.9 Å². The molecule has 1 N–H and O–H groups in total. The number of fused-ring (bicyclic) bond motifs is 1. The molecule has 2 aliphatic rings. The van der Waals surface area contributed by atoms with E-state index in [1.807, 2.05) is 13.1 Å². The first-order valence-corrected chi connectivity index (χ1v) is 9.79. The molecule has 0 radical (unpaired) electrons. The summed E-state index contributed by atoms with van der Waals surface area (Å²) in [4.78, 5) is 11.3. The number of pyridine rings is 1. The van der Waals surface area contributed by atoms with E-state index in [1.165, 1.54) is 12.3 Å². The van der Waals surface area contributed by atoms with Gasteiger partial charge in [-0.05, 0) is 26.3 Å². The monoisotopic (exact) mass is 398 g/mol. The van der Waals surface area contributed by atoms with Gasteiger partial charge in [0.15, 0.2) is 5.65 Å². The summed E-state index contributed by atoms with van der Waals surface area (Å²) in [7, 11) is 0. The third-order valence-corrected chi connectivity index (χ3v) is 5.43. The fourth-order valence-corrected chi connectivity index (χ4v) is 3.87. The molecule has 2 atom stereocenters. The van der Waals surface area contributed by atoms with Crippen LogP contribution in [-0.2, 0) is 24.3 Å². The van der Waals surface area contributed by atoms with Crippen LogP contribution in [0, 0.1) is 5.82 Å². The predicted octanol–water partition coefficient (Wildman–Crippen LogP) is 2.06. The van der Waals surface area contributed by atoms with Gasteiger partial charge in [-0.3, -0.25) is 5.32 Å². The minimum atomic E-state index is -0.376. The van der Waals surface area contributed by atoms with E-state index in [1.54, 1.807) is 10.7 Å². The molecule has 5 rings (SSSR count). The molecule has 29 heavy (non-hydrogen) atoms. The van der Waals surface area contributed by atoms with Crippen molar-refractivity contribution < 1.29 is 13.9 Å². The zero-order chi connectivity index (χ0) is 20.0. The Labute approximate surface area is 167 Å². The molecule has 0 saturated carbocycles. The molecule has 0 spiro atoms. The number of nitrogens with zero attached hydrogens (tertiary/aromatic N) is 5. The van der Waals surface area contributed by atoms with Crippen molar-refractivity contribution >= 4 is 11.5 Å². The van der Waals surface area contributed by atoms with Gasteiger partial charge in [0.1, 0.15) is 18.2 Å². The lowest BCUT2D eigenvalue weighted by molar-refractivity contribution is 0.0907. The van der Waals surface area contributed by atoms with Crippen molar-refractivity contribution in [2.75, 3.05) is 18.2 Å². The first-order valence-electron chi connectivity index (χ1n) is 9.79. The molecule has 0 unspecified atom stereocenters. The Morgan fingerprint density at radius 2 is 2.10 bits per heavy atom. The third kappa shape index (κ3) is 3.40. The van der Waals surface area contributed by atoms with Crippen molar-refractivity contribution in [3.8, 4) is 5.88 Å². The van der Waals surface area contributed by atoms with Crippen molar-refractivity contribution in [3.05, 3.63) is 47.2 Å². The van der Waals surface area contributed by atoms with Crippen molar-refractivity contribution in [2.24, 2.45) is 0 Å². The van der Waals surface area contributed by atoms with Gasteiger partial charge in [0.05, 0.1) is 32.3 Å². The average molecular weight is 398 g/mol. The molecule has 0 aromatic carbocycles. The Morgan fingerprint density at radius 1 is 1.21 bits per heavy atom. The van der Waals surface area contributed by atoms with Crippen LogP contribution < -0.4 is 15.0 Å². The Hall–Kier alpha value is -2.78. The molecule has 5 heterocycles. The van der Waals surface area contributed by atoms with Crippen LogP contribution in [0.5, 0.6) is 5.88 Å². The van der Waals surface area contributed by atoms with E-state index in [2.05, 4.69) is 27.2 Å². The van der Waals surface area contributed by atoms with Crippen LogP contribution >= 0.6 is 0 Å². The topological polar surface area (TPSA) is 76.8 Å². The molecule has 0 saturated heterocycles. The standard InChI is InChI=1S/C20H23FN6O2/c1-12-9-29-20-15(4-17(21)6-22-20)7-26-13(2)3-14-8-27-19(25-18(14)26)16(5-24-27)10-28-11-23-12/h4-6,8,12-13,23H,3,7,9-11H2,1-2H3/t12-,13-/m1/s1. The van der Waals surface area contributed by atoms with Gasteiger partial charge >= 0.3 is 0 Å². The van der Waals surface area contributed by atoms with Crippen molar-refractivity contribution in [2.45, 2.75) is 45.5 Å². The molecule has 8 nitrogen and oxygen atoms in total. The lowest BCUT2D eigenvalue weighted by Crippen LogP contribution is -2.34. The Morgan fingerprint density at radius 3 is 3.00 bits per heavy atom. The fourth-order valence-electron chi connectivity index (χ4n) is 3.87. The number of ether oxygens (including phenoxy) is 2. The van der Waals surface area contributed by atoms with E-state index < -0.39 is 0 Å². The molecular formula is C20H23FN6O2. The number of hydrogen-bond acceptors (Lipinski definition) is 7. The number of nitrogens with one attached hydrogen (secondary N) is 1.